The Morgan fingerprint density at radius 1 is 1.16 bits per heavy atom. The summed E-state index contributed by atoms with van der Waals surface area (Å²) in [6, 6.07) is 11.9. The summed E-state index contributed by atoms with van der Waals surface area (Å²) in [7, 11) is 1.65. The number of ether oxygens (including phenoxy) is 1. The maximum absolute atomic E-state index is 12.8. The third-order valence-electron chi connectivity index (χ3n) is 5.49. The van der Waals surface area contributed by atoms with Gasteiger partial charge in [-0.15, -0.1) is 0 Å². The van der Waals surface area contributed by atoms with Crippen LogP contribution in [0.3, 0.4) is 0 Å². The maximum Gasteiger partial charge on any atom is 0.341 e. The molecule has 0 bridgehead atoms. The smallest absolute Gasteiger partial charge is 0.341 e. The number of β-amino-alcohol motifs (C(OH)–C–C–N with tert-alkyl or cyclic N) is 1. The highest BCUT2D eigenvalue weighted by molar-refractivity contribution is 5.94. The molecule has 0 saturated carbocycles. The number of carbonyl (C=O) groups excluding carboxylic acids is 1. The van der Waals surface area contributed by atoms with Crippen LogP contribution in [-0.4, -0.2) is 75.8 Å². The number of fused-ring (bicyclic) bond motifs is 1. The number of amides is 1. The van der Waals surface area contributed by atoms with E-state index >= 15 is 0 Å². The molecule has 0 unspecified atom stereocenters. The molecule has 0 radical (unpaired) electrons. The molecule has 32 heavy (non-hydrogen) atoms. The first kappa shape index (κ1) is 21.5. The highest BCUT2D eigenvalue weighted by Gasteiger charge is 2.38. The number of hydrogen-bond acceptors (Lipinski definition) is 7. The van der Waals surface area contributed by atoms with Crippen molar-refractivity contribution in [2.75, 3.05) is 38.2 Å². The summed E-state index contributed by atoms with van der Waals surface area (Å²) in [5.41, 5.74) is 1.87. The first-order valence-electron chi connectivity index (χ1n) is 10.2. The summed E-state index contributed by atoms with van der Waals surface area (Å²) in [6.07, 6.45) is 3.97. The lowest BCUT2D eigenvalue weighted by molar-refractivity contribution is -0.139. The number of nitrogens with zero attached hydrogens (tertiary/aromatic N) is 4. The normalized spacial score (nSPS) is 18.0. The molecule has 0 aliphatic carbocycles. The van der Waals surface area contributed by atoms with Gasteiger partial charge in [0.25, 0.3) is 5.91 Å². The van der Waals surface area contributed by atoms with E-state index in [-0.39, 0.29) is 12.5 Å². The van der Waals surface area contributed by atoms with Crippen LogP contribution < -0.4 is 9.64 Å². The fourth-order valence-corrected chi connectivity index (χ4v) is 3.98. The van der Waals surface area contributed by atoms with Gasteiger partial charge in [-0.2, -0.15) is 0 Å². The number of benzene rings is 1. The van der Waals surface area contributed by atoms with E-state index in [0.29, 0.717) is 30.8 Å². The first-order valence-corrected chi connectivity index (χ1v) is 10.2. The number of aromatic nitrogens is 2. The number of hydrogen-bond donors (Lipinski definition) is 2. The number of carboxylic acid groups (broad SMARTS) is 1. The van der Waals surface area contributed by atoms with Crippen LogP contribution in [0.2, 0.25) is 0 Å². The van der Waals surface area contributed by atoms with Crippen LogP contribution in [0.5, 0.6) is 5.75 Å². The van der Waals surface area contributed by atoms with Crippen molar-refractivity contribution in [2.24, 2.45) is 0 Å². The Balaban J connectivity index is 1.41. The van der Waals surface area contributed by atoms with Gasteiger partial charge in [0.05, 0.1) is 17.7 Å². The van der Waals surface area contributed by atoms with Gasteiger partial charge >= 0.3 is 5.97 Å². The molecule has 1 aliphatic heterocycles. The Kier molecular flexibility index (Phi) is 5.91. The zero-order valence-corrected chi connectivity index (χ0v) is 17.6. The molecule has 4 rings (SSSR count). The van der Waals surface area contributed by atoms with E-state index in [0.717, 1.165) is 16.7 Å². The lowest BCUT2D eigenvalue weighted by atomic mass is 10.0. The van der Waals surface area contributed by atoms with Crippen molar-refractivity contribution in [1.29, 1.82) is 0 Å². The van der Waals surface area contributed by atoms with Crippen LogP contribution in [0, 0.1) is 0 Å². The largest absolute Gasteiger partial charge is 0.482 e. The molecule has 3 heterocycles. The summed E-state index contributed by atoms with van der Waals surface area (Å²) in [5, 5.41) is 19.9. The Hall–Kier alpha value is -3.72. The Labute approximate surface area is 184 Å². The van der Waals surface area contributed by atoms with Gasteiger partial charge in [-0.1, -0.05) is 0 Å². The molecule has 9 nitrogen and oxygen atoms in total. The van der Waals surface area contributed by atoms with Crippen molar-refractivity contribution >= 4 is 28.6 Å². The quantitative estimate of drug-likeness (QED) is 0.576. The fraction of sp³-hybridized carbons (Fsp3) is 0.304. The van der Waals surface area contributed by atoms with Gasteiger partial charge in [-0.3, -0.25) is 14.8 Å². The van der Waals surface area contributed by atoms with Crippen molar-refractivity contribution in [3.05, 3.63) is 60.4 Å². The topological polar surface area (TPSA) is 116 Å². The number of carboxylic acids is 1. The minimum atomic E-state index is -1.07. The molecular formula is C23H24N4O5. The Morgan fingerprint density at radius 2 is 1.94 bits per heavy atom. The van der Waals surface area contributed by atoms with Crippen molar-refractivity contribution < 1.29 is 24.5 Å². The van der Waals surface area contributed by atoms with Gasteiger partial charge in [0.2, 0.25) is 0 Å². The molecule has 2 aromatic heterocycles. The Bertz CT molecular complexity index is 1130. The summed E-state index contributed by atoms with van der Waals surface area (Å²) in [5.74, 6) is -0.938. The molecule has 3 aromatic rings. The second kappa shape index (κ2) is 8.80. The second-order valence-corrected chi connectivity index (χ2v) is 7.97. The van der Waals surface area contributed by atoms with E-state index in [1.165, 1.54) is 4.90 Å². The van der Waals surface area contributed by atoms with Crippen molar-refractivity contribution in [1.82, 2.24) is 14.9 Å². The van der Waals surface area contributed by atoms with E-state index in [1.54, 1.807) is 43.7 Å². The van der Waals surface area contributed by atoms with Crippen LogP contribution in [-0.2, 0) is 4.79 Å². The van der Waals surface area contributed by atoms with E-state index < -0.39 is 18.2 Å². The van der Waals surface area contributed by atoms with Crippen LogP contribution in [0.4, 0.5) is 5.69 Å². The monoisotopic (exact) mass is 436 g/mol. The summed E-state index contributed by atoms with van der Waals surface area (Å²) in [4.78, 5) is 35.8. The number of likely N-dealkylation sites (N-methyl/N-ethyl adjacent to an activating group) is 1. The van der Waals surface area contributed by atoms with Crippen molar-refractivity contribution in [3.8, 4) is 5.75 Å². The number of aliphatic carboxylic acids is 1. The number of carbonyl (C=O) groups is 2. The third-order valence-corrected chi connectivity index (χ3v) is 5.49. The molecule has 1 aliphatic rings. The zero-order valence-electron chi connectivity index (χ0n) is 17.6. The molecule has 9 heteroatoms. The van der Waals surface area contributed by atoms with Crippen LogP contribution in [0.25, 0.3) is 11.0 Å². The minimum absolute atomic E-state index is 0.177. The number of aliphatic hydroxyl groups is 1. The fourth-order valence-electron chi connectivity index (χ4n) is 3.98. The Morgan fingerprint density at radius 3 is 2.69 bits per heavy atom. The average Bonchev–Trinajstić information content (AvgIpc) is 3.18. The molecule has 0 spiro atoms. The van der Waals surface area contributed by atoms with Gasteiger partial charge in [0.1, 0.15) is 16.9 Å². The zero-order chi connectivity index (χ0) is 22.7. The van der Waals surface area contributed by atoms with Gasteiger partial charge < -0.3 is 24.7 Å². The molecular weight excluding hydrogens is 412 g/mol. The molecule has 1 fully saturated rings. The van der Waals surface area contributed by atoms with Crippen molar-refractivity contribution in [2.45, 2.75) is 12.0 Å². The van der Waals surface area contributed by atoms with Gasteiger partial charge in [0.15, 0.2) is 6.61 Å². The number of pyridine rings is 2. The van der Waals surface area contributed by atoms with Crippen LogP contribution in [0.15, 0.2) is 54.9 Å². The predicted octanol–water partition coefficient (Wildman–Crippen LogP) is 1.81. The minimum Gasteiger partial charge on any atom is -0.482 e. The summed E-state index contributed by atoms with van der Waals surface area (Å²) in [6.45, 7) is 0.751. The molecule has 1 aromatic carbocycles. The lowest BCUT2D eigenvalue weighted by Gasteiger charge is -2.29. The second-order valence-electron chi connectivity index (χ2n) is 7.97. The van der Waals surface area contributed by atoms with E-state index in [4.69, 9.17) is 9.84 Å². The first-order chi connectivity index (χ1) is 15.3. The maximum atomic E-state index is 12.8. The van der Waals surface area contributed by atoms with E-state index in [9.17, 15) is 14.7 Å². The summed E-state index contributed by atoms with van der Waals surface area (Å²) < 4.78 is 5.09. The molecule has 1 atom stereocenters. The third kappa shape index (κ3) is 4.62. The highest BCUT2D eigenvalue weighted by atomic mass is 16.5. The predicted molar refractivity (Wildman–Crippen MR) is 118 cm³/mol. The SMILES string of the molecule is CN(C[C@]1(O)CCN(c2ccnc3cccnc23)C1)C(=O)c1ccc(OCC(=O)O)cc1. The molecule has 2 N–H and O–H groups in total. The number of rotatable bonds is 7. The summed E-state index contributed by atoms with van der Waals surface area (Å²) >= 11 is 0. The van der Waals surface area contributed by atoms with Crippen molar-refractivity contribution in [3.63, 3.8) is 0 Å². The highest BCUT2D eigenvalue weighted by Crippen LogP contribution is 2.31. The molecule has 166 valence electrons. The van der Waals surface area contributed by atoms with E-state index in [1.807, 2.05) is 18.2 Å². The van der Waals surface area contributed by atoms with Gasteiger partial charge in [-0.25, -0.2) is 4.79 Å². The standard InChI is InChI=1S/C23H24N4O5/c1-26(22(30)16-4-6-17(7-5-16)32-13-20(28)29)14-23(31)9-12-27(15-23)19-8-11-24-18-3-2-10-25-21(18)19/h2-8,10-11,31H,9,12-15H2,1H3,(H,28,29)/t23-/m1/s1. The average molecular weight is 436 g/mol. The van der Waals surface area contributed by atoms with Gasteiger partial charge in [0, 0.05) is 38.1 Å². The molecule has 1 amide bonds. The van der Waals surface area contributed by atoms with Gasteiger partial charge in [-0.05, 0) is 48.9 Å². The molecule has 1 saturated heterocycles. The van der Waals surface area contributed by atoms with Crippen LogP contribution in [0.1, 0.15) is 16.8 Å². The van der Waals surface area contributed by atoms with E-state index in [2.05, 4.69) is 14.9 Å². The lowest BCUT2D eigenvalue weighted by Crippen LogP contribution is -2.45. The number of anilines is 1. The van der Waals surface area contributed by atoms with Crippen LogP contribution >= 0.6 is 0 Å².